The number of carboxylic acids is 1. The van der Waals surface area contributed by atoms with Crippen LogP contribution in [0.5, 0.6) is 11.5 Å². The third kappa shape index (κ3) is 2.63. The van der Waals surface area contributed by atoms with Gasteiger partial charge < -0.3 is 14.8 Å². The SMILES string of the molecule is O=C(O)c1cc(-c2c[nH]cc2F)ccc1Oc1cc2c3c(cccc3c1)CC2. The normalized spacial score (nSPS) is 12.5. The second-order valence-corrected chi connectivity index (χ2v) is 6.93. The van der Waals surface area contributed by atoms with Crippen LogP contribution in [0.3, 0.4) is 0 Å². The van der Waals surface area contributed by atoms with Gasteiger partial charge in [-0.25, -0.2) is 9.18 Å². The summed E-state index contributed by atoms with van der Waals surface area (Å²) >= 11 is 0. The van der Waals surface area contributed by atoms with Crippen molar-refractivity contribution in [3.8, 4) is 22.6 Å². The zero-order valence-corrected chi connectivity index (χ0v) is 14.8. The minimum atomic E-state index is -1.12. The molecule has 0 amide bonds. The van der Waals surface area contributed by atoms with E-state index in [0.29, 0.717) is 16.9 Å². The van der Waals surface area contributed by atoms with Crippen LogP contribution in [0.15, 0.2) is 60.9 Å². The first-order valence-corrected chi connectivity index (χ1v) is 9.02. The number of carbonyl (C=O) groups is 1. The summed E-state index contributed by atoms with van der Waals surface area (Å²) in [6.45, 7) is 0. The monoisotopic (exact) mass is 373 g/mol. The Bertz CT molecular complexity index is 1240. The molecular formula is C23H16FNO3. The van der Waals surface area contributed by atoms with Gasteiger partial charge in [0.25, 0.3) is 0 Å². The van der Waals surface area contributed by atoms with Crippen molar-refractivity contribution >= 4 is 16.7 Å². The number of H-pyrrole nitrogens is 1. The van der Waals surface area contributed by atoms with Gasteiger partial charge in [-0.15, -0.1) is 0 Å². The summed E-state index contributed by atoms with van der Waals surface area (Å²) in [7, 11) is 0. The number of halogens is 1. The van der Waals surface area contributed by atoms with Gasteiger partial charge in [-0.05, 0) is 64.6 Å². The highest BCUT2D eigenvalue weighted by Crippen LogP contribution is 2.37. The van der Waals surface area contributed by atoms with Gasteiger partial charge in [0, 0.05) is 18.0 Å². The minimum absolute atomic E-state index is 0.0108. The molecule has 0 radical (unpaired) electrons. The number of aromatic nitrogens is 1. The Hall–Kier alpha value is -3.60. The van der Waals surface area contributed by atoms with Crippen LogP contribution in [0.2, 0.25) is 0 Å². The molecule has 0 saturated carbocycles. The van der Waals surface area contributed by atoms with Crippen molar-refractivity contribution in [2.45, 2.75) is 12.8 Å². The lowest BCUT2D eigenvalue weighted by atomic mass is 10.0. The maximum atomic E-state index is 13.8. The van der Waals surface area contributed by atoms with Crippen molar-refractivity contribution < 1.29 is 19.0 Å². The minimum Gasteiger partial charge on any atom is -0.478 e. The number of rotatable bonds is 4. The molecule has 1 aromatic heterocycles. The summed E-state index contributed by atoms with van der Waals surface area (Å²) in [4.78, 5) is 14.5. The molecule has 2 N–H and O–H groups in total. The van der Waals surface area contributed by atoms with Gasteiger partial charge in [-0.3, -0.25) is 0 Å². The number of ether oxygens (including phenoxy) is 1. The number of benzene rings is 3. The molecule has 28 heavy (non-hydrogen) atoms. The van der Waals surface area contributed by atoms with Crippen molar-refractivity contribution in [1.29, 1.82) is 0 Å². The van der Waals surface area contributed by atoms with Crippen molar-refractivity contribution in [3.05, 3.63) is 83.4 Å². The summed E-state index contributed by atoms with van der Waals surface area (Å²) in [5.41, 5.74) is 3.34. The smallest absolute Gasteiger partial charge is 0.339 e. The lowest BCUT2D eigenvalue weighted by molar-refractivity contribution is 0.0694. The number of aryl methyl sites for hydroxylation is 2. The maximum absolute atomic E-state index is 13.8. The number of aromatic carboxylic acids is 1. The molecule has 1 aliphatic carbocycles. The number of carboxylic acid groups (broad SMARTS) is 1. The predicted octanol–water partition coefficient (Wildman–Crippen LogP) is 5.56. The van der Waals surface area contributed by atoms with Crippen molar-refractivity contribution in [2.75, 3.05) is 0 Å². The van der Waals surface area contributed by atoms with E-state index in [-0.39, 0.29) is 11.3 Å². The van der Waals surface area contributed by atoms with Crippen LogP contribution < -0.4 is 4.74 Å². The Kier molecular flexibility index (Phi) is 3.69. The number of aromatic amines is 1. The average molecular weight is 373 g/mol. The Labute approximate surface area is 160 Å². The van der Waals surface area contributed by atoms with E-state index in [1.54, 1.807) is 12.1 Å². The lowest BCUT2D eigenvalue weighted by Crippen LogP contribution is -2.01. The first-order valence-electron chi connectivity index (χ1n) is 9.02. The molecule has 0 aliphatic heterocycles. The Balaban J connectivity index is 1.56. The van der Waals surface area contributed by atoms with Gasteiger partial charge in [0.2, 0.25) is 0 Å². The summed E-state index contributed by atoms with van der Waals surface area (Å²) in [5, 5.41) is 12.0. The molecule has 4 nitrogen and oxygen atoms in total. The van der Waals surface area contributed by atoms with E-state index in [2.05, 4.69) is 11.1 Å². The fraction of sp³-hybridized carbons (Fsp3) is 0.0870. The van der Waals surface area contributed by atoms with Gasteiger partial charge in [0.15, 0.2) is 0 Å². The van der Waals surface area contributed by atoms with Gasteiger partial charge in [-0.1, -0.05) is 24.3 Å². The van der Waals surface area contributed by atoms with E-state index in [4.69, 9.17) is 4.74 Å². The van der Waals surface area contributed by atoms with Crippen LogP contribution in [0.4, 0.5) is 4.39 Å². The summed E-state index contributed by atoms with van der Waals surface area (Å²) < 4.78 is 19.8. The molecule has 5 rings (SSSR count). The third-order valence-corrected chi connectivity index (χ3v) is 5.23. The zero-order chi connectivity index (χ0) is 19.3. The van der Waals surface area contributed by atoms with E-state index in [1.165, 1.54) is 35.0 Å². The molecule has 0 bridgehead atoms. The molecule has 5 heteroatoms. The third-order valence-electron chi connectivity index (χ3n) is 5.23. The predicted molar refractivity (Wildman–Crippen MR) is 105 cm³/mol. The Morgan fingerprint density at radius 2 is 1.89 bits per heavy atom. The molecule has 3 aromatic carbocycles. The molecule has 4 aromatic rings. The number of hydrogen-bond acceptors (Lipinski definition) is 2. The molecule has 1 aliphatic rings. The van der Waals surface area contributed by atoms with Crippen molar-refractivity contribution in [2.24, 2.45) is 0 Å². The van der Waals surface area contributed by atoms with E-state index < -0.39 is 11.8 Å². The highest BCUT2D eigenvalue weighted by molar-refractivity contribution is 5.94. The molecule has 0 spiro atoms. The summed E-state index contributed by atoms with van der Waals surface area (Å²) in [5.74, 6) is -0.726. The largest absolute Gasteiger partial charge is 0.478 e. The van der Waals surface area contributed by atoms with Crippen LogP contribution in [-0.2, 0) is 12.8 Å². The van der Waals surface area contributed by atoms with Gasteiger partial charge in [-0.2, -0.15) is 0 Å². The van der Waals surface area contributed by atoms with Crippen molar-refractivity contribution in [1.82, 2.24) is 4.98 Å². The standard InChI is InChI=1S/C23H16FNO3/c24-20-12-25-11-19(20)14-6-7-21(18(10-14)23(26)27)28-17-8-15-3-1-2-13-4-5-16(9-17)22(13)15/h1-3,6-12,25H,4-5H2,(H,26,27). The molecule has 0 fully saturated rings. The van der Waals surface area contributed by atoms with Crippen LogP contribution in [-0.4, -0.2) is 16.1 Å². The van der Waals surface area contributed by atoms with Crippen LogP contribution in [0.25, 0.3) is 21.9 Å². The van der Waals surface area contributed by atoms with E-state index >= 15 is 0 Å². The summed E-state index contributed by atoms with van der Waals surface area (Å²) in [6.07, 6.45) is 4.68. The highest BCUT2D eigenvalue weighted by atomic mass is 19.1. The zero-order valence-electron chi connectivity index (χ0n) is 14.8. The maximum Gasteiger partial charge on any atom is 0.339 e. The number of nitrogens with one attached hydrogen (secondary N) is 1. The van der Waals surface area contributed by atoms with Gasteiger partial charge in [0.1, 0.15) is 22.9 Å². The highest BCUT2D eigenvalue weighted by Gasteiger charge is 2.18. The molecule has 0 saturated heterocycles. The van der Waals surface area contributed by atoms with Crippen LogP contribution in [0, 0.1) is 5.82 Å². The molecule has 138 valence electrons. The topological polar surface area (TPSA) is 62.3 Å². The quantitative estimate of drug-likeness (QED) is 0.492. The van der Waals surface area contributed by atoms with E-state index in [9.17, 15) is 14.3 Å². The molecule has 0 atom stereocenters. The second kappa shape index (κ2) is 6.23. The van der Waals surface area contributed by atoms with Gasteiger partial charge in [0.05, 0.1) is 0 Å². The Morgan fingerprint density at radius 3 is 2.68 bits per heavy atom. The second-order valence-electron chi connectivity index (χ2n) is 6.93. The fourth-order valence-corrected chi connectivity index (χ4v) is 3.95. The molecule has 0 unspecified atom stereocenters. The first-order chi connectivity index (χ1) is 13.6. The van der Waals surface area contributed by atoms with Crippen LogP contribution in [0.1, 0.15) is 21.5 Å². The van der Waals surface area contributed by atoms with Crippen molar-refractivity contribution in [3.63, 3.8) is 0 Å². The Morgan fingerprint density at radius 1 is 1.04 bits per heavy atom. The number of hydrogen-bond donors (Lipinski definition) is 2. The average Bonchev–Trinajstić information content (AvgIpc) is 3.29. The van der Waals surface area contributed by atoms with Crippen LogP contribution >= 0.6 is 0 Å². The van der Waals surface area contributed by atoms with Gasteiger partial charge >= 0.3 is 5.97 Å². The van der Waals surface area contributed by atoms with E-state index in [1.807, 2.05) is 24.3 Å². The lowest BCUT2D eigenvalue weighted by Gasteiger charge is -2.12. The first kappa shape index (κ1) is 16.6. The molecular weight excluding hydrogens is 357 g/mol. The molecule has 1 heterocycles. The fourth-order valence-electron chi connectivity index (χ4n) is 3.95. The van der Waals surface area contributed by atoms with E-state index in [0.717, 1.165) is 18.2 Å². The summed E-state index contributed by atoms with van der Waals surface area (Å²) in [6, 6.07) is 14.8.